The minimum atomic E-state index is -0.285. The number of carbonyl (C=O) groups is 1. The van der Waals surface area contributed by atoms with Gasteiger partial charge in [0.25, 0.3) is 0 Å². The van der Waals surface area contributed by atoms with Gasteiger partial charge in [0, 0.05) is 6.21 Å². The summed E-state index contributed by atoms with van der Waals surface area (Å²) in [5.74, 6) is -0.285. The molecule has 0 aliphatic carbocycles. The minimum absolute atomic E-state index is 0.285. The number of carbonyl (C=O) groups excluding carboxylic acids is 1. The molecular formula is C20H23NO2. The molecule has 3 nitrogen and oxygen atoms in total. The largest absolute Gasteiger partial charge is 0.462 e. The van der Waals surface area contributed by atoms with Gasteiger partial charge in [-0.15, -0.1) is 0 Å². The molecule has 0 aromatic heterocycles. The lowest BCUT2D eigenvalue weighted by Crippen LogP contribution is -2.05. The highest BCUT2D eigenvalue weighted by molar-refractivity contribution is 5.90. The van der Waals surface area contributed by atoms with Crippen molar-refractivity contribution < 1.29 is 9.53 Å². The fraction of sp³-hybridized carbons (Fsp3) is 0.300. The molecule has 2 aromatic rings. The molecule has 0 aliphatic heterocycles. The van der Waals surface area contributed by atoms with Crippen LogP contribution in [-0.2, 0) is 4.74 Å². The monoisotopic (exact) mass is 309 g/mol. The summed E-state index contributed by atoms with van der Waals surface area (Å²) in [6.45, 7) is 8.70. The second kappa shape index (κ2) is 7.73. The van der Waals surface area contributed by atoms with Gasteiger partial charge >= 0.3 is 5.97 Å². The molecule has 2 aromatic carbocycles. The average molecular weight is 309 g/mol. The molecule has 0 spiro atoms. The number of aliphatic imine (C=N–C) groups is 1. The molecule has 0 bridgehead atoms. The quantitative estimate of drug-likeness (QED) is 0.580. The van der Waals surface area contributed by atoms with E-state index in [1.807, 2.05) is 25.3 Å². The third-order valence-corrected chi connectivity index (χ3v) is 3.62. The van der Waals surface area contributed by atoms with Crippen LogP contribution in [0.2, 0.25) is 0 Å². The highest BCUT2D eigenvalue weighted by Crippen LogP contribution is 2.17. The smallest absolute Gasteiger partial charge is 0.338 e. The van der Waals surface area contributed by atoms with Crippen molar-refractivity contribution in [3.05, 3.63) is 64.2 Å². The van der Waals surface area contributed by atoms with Gasteiger partial charge in [0.15, 0.2) is 0 Å². The van der Waals surface area contributed by atoms with Gasteiger partial charge in [-0.1, -0.05) is 24.6 Å². The number of hydrogen-bond donors (Lipinski definition) is 0. The van der Waals surface area contributed by atoms with Crippen LogP contribution in [0.1, 0.15) is 46.0 Å². The van der Waals surface area contributed by atoms with E-state index in [1.54, 1.807) is 12.1 Å². The van der Waals surface area contributed by atoms with Crippen LogP contribution in [0.5, 0.6) is 0 Å². The van der Waals surface area contributed by atoms with Gasteiger partial charge in [0.2, 0.25) is 0 Å². The first-order valence-electron chi connectivity index (χ1n) is 7.90. The zero-order valence-electron chi connectivity index (χ0n) is 14.2. The lowest BCUT2D eigenvalue weighted by molar-refractivity contribution is 0.0505. The molecule has 2 rings (SSSR count). The second-order valence-electron chi connectivity index (χ2n) is 5.75. The minimum Gasteiger partial charge on any atom is -0.462 e. The van der Waals surface area contributed by atoms with Crippen molar-refractivity contribution in [1.29, 1.82) is 0 Å². The highest BCUT2D eigenvalue weighted by atomic mass is 16.5. The summed E-state index contributed by atoms with van der Waals surface area (Å²) in [6.07, 6.45) is 2.71. The predicted molar refractivity (Wildman–Crippen MR) is 94.9 cm³/mol. The van der Waals surface area contributed by atoms with Crippen LogP contribution < -0.4 is 0 Å². The maximum atomic E-state index is 11.8. The third-order valence-electron chi connectivity index (χ3n) is 3.62. The van der Waals surface area contributed by atoms with Gasteiger partial charge in [-0.25, -0.2) is 4.79 Å². The van der Waals surface area contributed by atoms with E-state index in [4.69, 9.17) is 4.74 Å². The summed E-state index contributed by atoms with van der Waals surface area (Å²) in [7, 11) is 0. The van der Waals surface area contributed by atoms with Crippen LogP contribution in [-0.4, -0.2) is 18.8 Å². The Morgan fingerprint density at radius 3 is 2.26 bits per heavy atom. The Labute approximate surface area is 138 Å². The summed E-state index contributed by atoms with van der Waals surface area (Å²) in [5, 5.41) is 0. The van der Waals surface area contributed by atoms with Crippen molar-refractivity contribution in [2.24, 2.45) is 4.99 Å². The Morgan fingerprint density at radius 1 is 1.09 bits per heavy atom. The molecule has 0 heterocycles. The summed E-state index contributed by atoms with van der Waals surface area (Å²) in [4.78, 5) is 16.3. The maximum Gasteiger partial charge on any atom is 0.338 e. The van der Waals surface area contributed by atoms with Gasteiger partial charge in [-0.3, -0.25) is 4.99 Å². The molecule has 0 amide bonds. The Kier molecular flexibility index (Phi) is 5.69. The Hall–Kier alpha value is -2.42. The fourth-order valence-corrected chi connectivity index (χ4v) is 2.50. The first-order valence-corrected chi connectivity index (χ1v) is 7.90. The molecule has 0 N–H and O–H groups in total. The van der Waals surface area contributed by atoms with Crippen LogP contribution in [0.15, 0.2) is 41.4 Å². The lowest BCUT2D eigenvalue weighted by Gasteiger charge is -2.06. The van der Waals surface area contributed by atoms with Crippen molar-refractivity contribution in [2.45, 2.75) is 34.1 Å². The summed E-state index contributed by atoms with van der Waals surface area (Å²) in [6, 6.07) is 11.5. The van der Waals surface area contributed by atoms with Crippen molar-refractivity contribution in [1.82, 2.24) is 0 Å². The summed E-state index contributed by atoms with van der Waals surface area (Å²) < 4.78 is 5.11. The number of nitrogens with zero attached hydrogens (tertiary/aromatic N) is 1. The highest BCUT2D eigenvalue weighted by Gasteiger charge is 2.06. The standard InChI is InChI=1S/C20H23NO2/c1-5-10-23-20(22)17-6-8-18(9-7-17)21-13-19-15(3)11-14(2)12-16(19)4/h6-9,11-13H,5,10H2,1-4H3. The molecule has 0 saturated heterocycles. The number of aryl methyl sites for hydroxylation is 3. The van der Waals surface area contributed by atoms with E-state index in [0.29, 0.717) is 12.2 Å². The number of benzene rings is 2. The molecule has 0 unspecified atom stereocenters. The number of hydrogen-bond acceptors (Lipinski definition) is 3. The molecule has 0 aliphatic rings. The molecule has 23 heavy (non-hydrogen) atoms. The van der Waals surface area contributed by atoms with Crippen LogP contribution in [0.4, 0.5) is 5.69 Å². The van der Waals surface area contributed by atoms with Crippen LogP contribution in [0.25, 0.3) is 0 Å². The molecule has 120 valence electrons. The average Bonchev–Trinajstić information content (AvgIpc) is 2.52. The third kappa shape index (κ3) is 4.52. The first kappa shape index (κ1) is 16.9. The van der Waals surface area contributed by atoms with Crippen molar-refractivity contribution in [3.63, 3.8) is 0 Å². The lowest BCUT2D eigenvalue weighted by atomic mass is 10.0. The Balaban J connectivity index is 2.14. The van der Waals surface area contributed by atoms with Crippen LogP contribution in [0, 0.1) is 20.8 Å². The van der Waals surface area contributed by atoms with Gasteiger partial charge < -0.3 is 4.74 Å². The van der Waals surface area contributed by atoms with Gasteiger partial charge in [0.1, 0.15) is 0 Å². The predicted octanol–water partition coefficient (Wildman–Crippen LogP) is 4.93. The number of rotatable bonds is 5. The SMILES string of the molecule is CCCOC(=O)c1ccc(N=Cc2c(C)cc(C)cc2C)cc1. The van der Waals surface area contributed by atoms with Gasteiger partial charge in [-0.2, -0.15) is 0 Å². The van der Waals surface area contributed by atoms with E-state index in [0.717, 1.165) is 17.7 Å². The molecule has 3 heteroatoms. The number of ether oxygens (including phenoxy) is 1. The van der Waals surface area contributed by atoms with Gasteiger partial charge in [-0.05, 0) is 68.1 Å². The van der Waals surface area contributed by atoms with E-state index in [9.17, 15) is 4.79 Å². The van der Waals surface area contributed by atoms with Crippen molar-refractivity contribution >= 4 is 17.9 Å². The Bertz CT molecular complexity index is 692. The zero-order valence-corrected chi connectivity index (χ0v) is 14.2. The summed E-state index contributed by atoms with van der Waals surface area (Å²) >= 11 is 0. The normalized spacial score (nSPS) is 11.0. The molecular weight excluding hydrogens is 286 g/mol. The molecule has 0 fully saturated rings. The molecule has 0 radical (unpaired) electrons. The zero-order chi connectivity index (χ0) is 16.8. The molecule has 0 atom stereocenters. The first-order chi connectivity index (χ1) is 11.0. The maximum absolute atomic E-state index is 11.8. The summed E-state index contributed by atoms with van der Waals surface area (Å²) in [5.41, 5.74) is 6.20. The number of esters is 1. The Morgan fingerprint density at radius 2 is 1.70 bits per heavy atom. The second-order valence-corrected chi connectivity index (χ2v) is 5.75. The van der Waals surface area contributed by atoms with Crippen molar-refractivity contribution in [2.75, 3.05) is 6.61 Å². The van der Waals surface area contributed by atoms with E-state index < -0.39 is 0 Å². The van der Waals surface area contributed by atoms with E-state index in [1.165, 1.54) is 16.7 Å². The van der Waals surface area contributed by atoms with Crippen molar-refractivity contribution in [3.8, 4) is 0 Å². The van der Waals surface area contributed by atoms with Crippen LogP contribution >= 0.6 is 0 Å². The van der Waals surface area contributed by atoms with E-state index in [-0.39, 0.29) is 5.97 Å². The molecule has 0 saturated carbocycles. The van der Waals surface area contributed by atoms with E-state index >= 15 is 0 Å². The van der Waals surface area contributed by atoms with Crippen LogP contribution in [0.3, 0.4) is 0 Å². The topological polar surface area (TPSA) is 38.7 Å². The van der Waals surface area contributed by atoms with E-state index in [2.05, 4.69) is 37.9 Å². The van der Waals surface area contributed by atoms with Gasteiger partial charge in [0.05, 0.1) is 17.9 Å². The fourth-order valence-electron chi connectivity index (χ4n) is 2.50.